The SMILES string of the molecule is NC(N)=NCC1COC(c2ccccc2)(c2ccccc2)O1. The van der Waals surface area contributed by atoms with Gasteiger partial charge in [-0.2, -0.15) is 0 Å². The molecule has 0 spiro atoms. The molecule has 0 bridgehead atoms. The second kappa shape index (κ2) is 6.17. The molecule has 5 nitrogen and oxygen atoms in total. The molecule has 1 atom stereocenters. The summed E-state index contributed by atoms with van der Waals surface area (Å²) in [6.45, 7) is 0.810. The Hall–Kier alpha value is -2.37. The van der Waals surface area contributed by atoms with Crippen molar-refractivity contribution >= 4 is 5.96 Å². The van der Waals surface area contributed by atoms with Gasteiger partial charge in [0, 0.05) is 11.1 Å². The molecule has 1 fully saturated rings. The standard InChI is InChI=1S/C17H19N3O2/c18-16(19)20-11-15-12-21-17(22-15,13-7-3-1-4-8-13)14-9-5-2-6-10-14/h1-10,15H,11-12H2,(H4,18,19,20). The van der Waals surface area contributed by atoms with Gasteiger partial charge >= 0.3 is 0 Å². The van der Waals surface area contributed by atoms with Crippen molar-refractivity contribution in [3.05, 3.63) is 71.8 Å². The summed E-state index contributed by atoms with van der Waals surface area (Å²) in [5.41, 5.74) is 12.7. The van der Waals surface area contributed by atoms with E-state index in [1.54, 1.807) is 0 Å². The number of benzene rings is 2. The zero-order chi connectivity index (χ0) is 15.4. The van der Waals surface area contributed by atoms with Crippen molar-refractivity contribution in [1.29, 1.82) is 0 Å². The summed E-state index contributed by atoms with van der Waals surface area (Å²) in [5, 5.41) is 0. The largest absolute Gasteiger partial charge is 0.370 e. The van der Waals surface area contributed by atoms with E-state index in [-0.39, 0.29) is 12.1 Å². The Balaban J connectivity index is 1.95. The number of ether oxygens (including phenoxy) is 2. The van der Waals surface area contributed by atoms with E-state index in [0.29, 0.717) is 13.2 Å². The van der Waals surface area contributed by atoms with E-state index in [2.05, 4.69) is 4.99 Å². The number of guanidine groups is 1. The van der Waals surface area contributed by atoms with Gasteiger partial charge in [-0.1, -0.05) is 60.7 Å². The number of nitrogens with zero attached hydrogens (tertiary/aromatic N) is 1. The number of hydrogen-bond donors (Lipinski definition) is 2. The highest BCUT2D eigenvalue weighted by Gasteiger charge is 2.44. The molecule has 2 aromatic rings. The fraction of sp³-hybridized carbons (Fsp3) is 0.235. The van der Waals surface area contributed by atoms with E-state index >= 15 is 0 Å². The summed E-state index contributed by atoms with van der Waals surface area (Å²) < 4.78 is 12.3. The zero-order valence-electron chi connectivity index (χ0n) is 12.2. The molecule has 1 saturated heterocycles. The Morgan fingerprint density at radius 2 is 1.55 bits per heavy atom. The summed E-state index contributed by atoms with van der Waals surface area (Å²) in [6.07, 6.45) is -0.192. The van der Waals surface area contributed by atoms with Crippen LogP contribution in [-0.4, -0.2) is 25.2 Å². The lowest BCUT2D eigenvalue weighted by Crippen LogP contribution is -2.31. The third-order valence-corrected chi connectivity index (χ3v) is 3.59. The maximum Gasteiger partial charge on any atom is 0.222 e. The molecule has 1 unspecified atom stereocenters. The molecule has 0 saturated carbocycles. The van der Waals surface area contributed by atoms with Crippen molar-refractivity contribution < 1.29 is 9.47 Å². The molecule has 4 N–H and O–H groups in total. The van der Waals surface area contributed by atoms with Crippen LogP contribution in [-0.2, 0) is 15.3 Å². The summed E-state index contributed by atoms with van der Waals surface area (Å²) in [4.78, 5) is 4.03. The first-order chi connectivity index (χ1) is 10.7. The van der Waals surface area contributed by atoms with Gasteiger partial charge in [-0.25, -0.2) is 0 Å². The van der Waals surface area contributed by atoms with Gasteiger partial charge < -0.3 is 20.9 Å². The van der Waals surface area contributed by atoms with E-state index in [4.69, 9.17) is 20.9 Å². The van der Waals surface area contributed by atoms with Crippen LogP contribution in [0.25, 0.3) is 0 Å². The van der Waals surface area contributed by atoms with Gasteiger partial charge in [0.25, 0.3) is 0 Å². The van der Waals surface area contributed by atoms with Crippen molar-refractivity contribution in [2.45, 2.75) is 11.9 Å². The molecule has 0 radical (unpaired) electrons. The molecule has 0 aliphatic carbocycles. The molecular weight excluding hydrogens is 278 g/mol. The van der Waals surface area contributed by atoms with Crippen molar-refractivity contribution in [3.8, 4) is 0 Å². The molecule has 1 aliphatic rings. The van der Waals surface area contributed by atoms with Gasteiger partial charge in [0.1, 0.15) is 6.10 Å². The lowest BCUT2D eigenvalue weighted by molar-refractivity contribution is -0.141. The highest BCUT2D eigenvalue weighted by Crippen LogP contribution is 2.40. The van der Waals surface area contributed by atoms with Crippen LogP contribution in [0.15, 0.2) is 65.7 Å². The van der Waals surface area contributed by atoms with Gasteiger partial charge in [-0.05, 0) is 0 Å². The summed E-state index contributed by atoms with van der Waals surface area (Å²) in [7, 11) is 0. The summed E-state index contributed by atoms with van der Waals surface area (Å²) in [5.74, 6) is -0.855. The maximum absolute atomic E-state index is 6.23. The topological polar surface area (TPSA) is 82.9 Å². The zero-order valence-corrected chi connectivity index (χ0v) is 12.2. The number of rotatable bonds is 4. The van der Waals surface area contributed by atoms with E-state index in [0.717, 1.165) is 11.1 Å². The smallest absolute Gasteiger partial charge is 0.222 e. The van der Waals surface area contributed by atoms with Gasteiger partial charge in [0.05, 0.1) is 13.2 Å². The minimum absolute atomic E-state index is 0.0560. The van der Waals surface area contributed by atoms with Crippen LogP contribution in [0, 0.1) is 0 Å². The number of aliphatic imine (C=N–C) groups is 1. The Morgan fingerprint density at radius 3 is 2.05 bits per heavy atom. The molecule has 5 heteroatoms. The fourth-order valence-corrected chi connectivity index (χ4v) is 2.59. The Labute approximate surface area is 129 Å². The highest BCUT2D eigenvalue weighted by molar-refractivity contribution is 5.75. The molecule has 1 aliphatic heterocycles. The average molecular weight is 297 g/mol. The molecule has 22 heavy (non-hydrogen) atoms. The van der Waals surface area contributed by atoms with E-state index in [1.165, 1.54) is 0 Å². The fourth-order valence-electron chi connectivity index (χ4n) is 2.59. The van der Waals surface area contributed by atoms with Crippen LogP contribution in [0.2, 0.25) is 0 Å². The average Bonchev–Trinajstić information content (AvgIpc) is 3.00. The molecule has 3 rings (SSSR count). The first-order valence-electron chi connectivity index (χ1n) is 7.19. The third kappa shape index (κ3) is 2.81. The number of hydrogen-bond acceptors (Lipinski definition) is 3. The van der Waals surface area contributed by atoms with Crippen LogP contribution in [0.3, 0.4) is 0 Å². The molecule has 1 heterocycles. The lowest BCUT2D eigenvalue weighted by atomic mass is 9.97. The minimum Gasteiger partial charge on any atom is -0.370 e. The molecule has 114 valence electrons. The van der Waals surface area contributed by atoms with Crippen LogP contribution < -0.4 is 11.5 Å². The predicted octanol–water partition coefficient (Wildman–Crippen LogP) is 1.58. The van der Waals surface area contributed by atoms with Gasteiger partial charge in [-0.3, -0.25) is 4.99 Å². The first kappa shape index (κ1) is 14.6. The summed E-state index contributed by atoms with van der Waals surface area (Å²) >= 11 is 0. The van der Waals surface area contributed by atoms with E-state index in [1.807, 2.05) is 60.7 Å². The van der Waals surface area contributed by atoms with Gasteiger partial charge in [0.2, 0.25) is 5.79 Å². The molecular formula is C17H19N3O2. The van der Waals surface area contributed by atoms with Crippen molar-refractivity contribution in [1.82, 2.24) is 0 Å². The Kier molecular flexibility index (Phi) is 4.09. The van der Waals surface area contributed by atoms with Gasteiger partial charge in [0.15, 0.2) is 5.96 Å². The van der Waals surface area contributed by atoms with E-state index in [9.17, 15) is 0 Å². The van der Waals surface area contributed by atoms with Crippen molar-refractivity contribution in [2.75, 3.05) is 13.2 Å². The quantitative estimate of drug-likeness (QED) is 0.663. The van der Waals surface area contributed by atoms with Crippen LogP contribution in [0.1, 0.15) is 11.1 Å². The van der Waals surface area contributed by atoms with Crippen LogP contribution in [0.5, 0.6) is 0 Å². The van der Waals surface area contributed by atoms with Gasteiger partial charge in [-0.15, -0.1) is 0 Å². The predicted molar refractivity (Wildman–Crippen MR) is 85.2 cm³/mol. The third-order valence-electron chi connectivity index (χ3n) is 3.59. The van der Waals surface area contributed by atoms with Crippen molar-refractivity contribution in [2.24, 2.45) is 16.5 Å². The summed E-state index contributed by atoms with van der Waals surface area (Å²) in [6, 6.07) is 19.8. The first-order valence-corrected chi connectivity index (χ1v) is 7.19. The Morgan fingerprint density at radius 1 is 1.00 bits per heavy atom. The molecule has 0 aromatic heterocycles. The van der Waals surface area contributed by atoms with E-state index < -0.39 is 5.79 Å². The number of nitrogens with two attached hydrogens (primary N) is 2. The van der Waals surface area contributed by atoms with Crippen LogP contribution >= 0.6 is 0 Å². The molecule has 2 aromatic carbocycles. The second-order valence-electron chi connectivity index (χ2n) is 5.17. The second-order valence-corrected chi connectivity index (χ2v) is 5.17. The minimum atomic E-state index is -0.911. The van der Waals surface area contributed by atoms with Crippen molar-refractivity contribution in [3.63, 3.8) is 0 Å². The maximum atomic E-state index is 6.23. The normalized spacial score (nSPS) is 19.7. The monoisotopic (exact) mass is 297 g/mol. The molecule has 0 amide bonds. The highest BCUT2D eigenvalue weighted by atomic mass is 16.7. The Bertz CT molecular complexity index is 600. The van der Waals surface area contributed by atoms with Crippen LogP contribution in [0.4, 0.5) is 0 Å². The lowest BCUT2D eigenvalue weighted by Gasteiger charge is -2.29.